The largest absolute Gasteiger partial charge is 0.350 e. The normalized spacial score (nSPS) is 29.8. The highest BCUT2D eigenvalue weighted by Gasteiger charge is 2.78. The van der Waals surface area contributed by atoms with Crippen LogP contribution in [0.15, 0.2) is 79.0 Å². The predicted molar refractivity (Wildman–Crippen MR) is 115 cm³/mol. The van der Waals surface area contributed by atoms with Crippen LogP contribution in [0, 0.1) is 11.8 Å². The van der Waals surface area contributed by atoms with Gasteiger partial charge in [-0.2, -0.15) is 0 Å². The number of carbonyl (C=O) groups excluding carboxylic acids is 3. The van der Waals surface area contributed by atoms with Crippen molar-refractivity contribution in [2.45, 2.75) is 24.5 Å². The molecule has 3 aliphatic rings. The number of aromatic nitrogens is 1. The highest BCUT2D eigenvalue weighted by Crippen LogP contribution is 2.69. The Morgan fingerprint density at radius 2 is 1.59 bits per heavy atom. The molecule has 158 valence electrons. The molecule has 6 rings (SSSR count). The number of Topliss-reactive ketones (excluding diaryl/α,β-unsaturated/α-hetero) is 1. The fourth-order valence-corrected chi connectivity index (χ4v) is 5.93. The Labute approximate surface area is 184 Å². The number of ketones is 1. The number of pyridine rings is 1. The van der Waals surface area contributed by atoms with Crippen molar-refractivity contribution in [2.24, 2.45) is 11.8 Å². The zero-order valence-corrected chi connectivity index (χ0v) is 17.4. The smallest absolute Gasteiger partial charge is 0.241 e. The number of hydrogen-bond acceptors (Lipinski definition) is 5. The fraction of sp³-hybridized carbons (Fsp3) is 0.231. The third kappa shape index (κ3) is 2.17. The van der Waals surface area contributed by atoms with E-state index in [0.717, 1.165) is 11.1 Å². The first-order chi connectivity index (χ1) is 15.5. The molecule has 6 nitrogen and oxygen atoms in total. The van der Waals surface area contributed by atoms with Crippen LogP contribution in [-0.2, 0) is 30.3 Å². The molecule has 0 saturated carbocycles. The summed E-state index contributed by atoms with van der Waals surface area (Å²) in [7, 11) is 0. The van der Waals surface area contributed by atoms with E-state index in [2.05, 4.69) is 4.98 Å². The van der Waals surface area contributed by atoms with Gasteiger partial charge in [0.05, 0.1) is 23.2 Å². The number of rotatable bonds is 4. The van der Waals surface area contributed by atoms with E-state index >= 15 is 0 Å². The van der Waals surface area contributed by atoms with E-state index in [1.54, 1.807) is 36.5 Å². The number of ether oxygens (including phenoxy) is 1. The van der Waals surface area contributed by atoms with Crippen molar-refractivity contribution >= 4 is 23.3 Å². The molecular formula is C26H20N2O4. The van der Waals surface area contributed by atoms with Gasteiger partial charge in [0, 0.05) is 18.2 Å². The van der Waals surface area contributed by atoms with Gasteiger partial charge in [-0.15, -0.1) is 0 Å². The summed E-state index contributed by atoms with van der Waals surface area (Å²) in [5.74, 6) is -2.39. The number of carbonyl (C=O) groups is 3. The molecule has 2 fully saturated rings. The first-order valence-corrected chi connectivity index (χ1v) is 10.6. The van der Waals surface area contributed by atoms with Gasteiger partial charge in [0.1, 0.15) is 17.0 Å². The SMILES string of the molecule is CC(=O)C[C@]12O[C@](c3ccccc3)(c3cccnc31)[C@H]1C(=O)N(c3ccccc3)C(=O)[C@H]12. The lowest BCUT2D eigenvalue weighted by molar-refractivity contribution is -0.140. The minimum atomic E-state index is -1.28. The van der Waals surface area contributed by atoms with Gasteiger partial charge in [-0.1, -0.05) is 54.6 Å². The summed E-state index contributed by atoms with van der Waals surface area (Å²) >= 11 is 0. The van der Waals surface area contributed by atoms with Crippen LogP contribution >= 0.6 is 0 Å². The molecule has 0 aliphatic carbocycles. The number of anilines is 1. The Balaban J connectivity index is 1.65. The maximum absolute atomic E-state index is 13.9. The average molecular weight is 424 g/mol. The molecule has 2 amide bonds. The molecule has 3 aromatic rings. The summed E-state index contributed by atoms with van der Waals surface area (Å²) in [6.07, 6.45) is 1.63. The number of imide groups is 1. The standard InChI is InChI=1S/C26H20N2O4/c1-16(29)15-25-20-21(24(31)28(23(20)30)18-11-6-3-7-12-18)26(32-25,17-9-4-2-5-10-17)19-13-8-14-27-22(19)25/h2-14,20-21H,15H2,1H3/t20-,21+,25+,26+/m0/s1. The summed E-state index contributed by atoms with van der Waals surface area (Å²) in [6.45, 7) is 1.48. The van der Waals surface area contributed by atoms with Gasteiger partial charge in [-0.3, -0.25) is 19.4 Å². The van der Waals surface area contributed by atoms with Gasteiger partial charge < -0.3 is 4.74 Å². The van der Waals surface area contributed by atoms with E-state index in [0.29, 0.717) is 11.4 Å². The Hall–Kier alpha value is -3.64. The van der Waals surface area contributed by atoms with E-state index in [1.165, 1.54) is 11.8 Å². The van der Waals surface area contributed by atoms with Gasteiger partial charge >= 0.3 is 0 Å². The van der Waals surface area contributed by atoms with E-state index in [1.807, 2.05) is 42.5 Å². The van der Waals surface area contributed by atoms with Gasteiger partial charge in [0.15, 0.2) is 0 Å². The minimum Gasteiger partial charge on any atom is -0.350 e. The molecule has 2 bridgehead atoms. The third-order valence-corrected chi connectivity index (χ3v) is 6.93. The first-order valence-electron chi connectivity index (χ1n) is 10.6. The molecular weight excluding hydrogens is 404 g/mol. The Bertz CT molecular complexity index is 1280. The molecule has 4 atom stereocenters. The lowest BCUT2D eigenvalue weighted by atomic mass is 9.63. The molecule has 3 aliphatic heterocycles. The predicted octanol–water partition coefficient (Wildman–Crippen LogP) is 3.35. The van der Waals surface area contributed by atoms with Crippen LogP contribution in [0.25, 0.3) is 0 Å². The number of amides is 2. The van der Waals surface area contributed by atoms with Gasteiger partial charge in [-0.25, -0.2) is 4.90 Å². The Morgan fingerprint density at radius 1 is 0.938 bits per heavy atom. The molecule has 0 N–H and O–H groups in total. The number of fused-ring (bicyclic) bond motifs is 8. The van der Waals surface area contributed by atoms with Crippen molar-refractivity contribution in [1.29, 1.82) is 0 Å². The zero-order valence-electron chi connectivity index (χ0n) is 17.4. The van der Waals surface area contributed by atoms with Crippen LogP contribution in [0.5, 0.6) is 0 Å². The van der Waals surface area contributed by atoms with Crippen LogP contribution in [0.3, 0.4) is 0 Å². The van der Waals surface area contributed by atoms with Crippen molar-refractivity contribution in [2.75, 3.05) is 4.90 Å². The van der Waals surface area contributed by atoms with Crippen LogP contribution in [0.1, 0.15) is 30.2 Å². The molecule has 6 heteroatoms. The van der Waals surface area contributed by atoms with Gasteiger partial charge in [-0.05, 0) is 30.7 Å². The highest BCUT2D eigenvalue weighted by molar-refractivity contribution is 6.23. The van der Waals surface area contributed by atoms with Crippen LogP contribution < -0.4 is 4.90 Å². The van der Waals surface area contributed by atoms with Crippen LogP contribution in [0.2, 0.25) is 0 Å². The van der Waals surface area contributed by atoms with Gasteiger partial charge in [0.25, 0.3) is 0 Å². The second-order valence-corrected chi connectivity index (χ2v) is 8.67. The summed E-state index contributed by atoms with van der Waals surface area (Å²) in [6, 6.07) is 22.1. The lowest BCUT2D eigenvalue weighted by Gasteiger charge is -2.33. The molecule has 2 saturated heterocycles. The first kappa shape index (κ1) is 19.1. The highest BCUT2D eigenvalue weighted by atomic mass is 16.5. The molecule has 2 aromatic carbocycles. The Morgan fingerprint density at radius 3 is 2.28 bits per heavy atom. The number of benzene rings is 2. The minimum absolute atomic E-state index is 0.0194. The topological polar surface area (TPSA) is 76.6 Å². The summed E-state index contributed by atoms with van der Waals surface area (Å²) in [4.78, 5) is 46.1. The fourth-order valence-electron chi connectivity index (χ4n) is 5.93. The van der Waals surface area contributed by atoms with Crippen molar-refractivity contribution in [3.8, 4) is 0 Å². The van der Waals surface area contributed by atoms with Crippen molar-refractivity contribution in [3.05, 3.63) is 95.8 Å². The van der Waals surface area contributed by atoms with Crippen LogP contribution in [-0.4, -0.2) is 22.6 Å². The summed E-state index contributed by atoms with van der Waals surface area (Å²) < 4.78 is 6.76. The molecule has 0 spiro atoms. The second-order valence-electron chi connectivity index (χ2n) is 8.67. The number of hydrogen-bond donors (Lipinski definition) is 0. The quantitative estimate of drug-likeness (QED) is 0.601. The van der Waals surface area contributed by atoms with Gasteiger partial charge in [0.2, 0.25) is 11.8 Å². The molecule has 0 unspecified atom stereocenters. The average Bonchev–Trinajstić information content (AvgIpc) is 3.38. The molecule has 4 heterocycles. The lowest BCUT2D eigenvalue weighted by Crippen LogP contribution is -2.43. The zero-order chi connectivity index (χ0) is 22.1. The monoisotopic (exact) mass is 424 g/mol. The van der Waals surface area contributed by atoms with E-state index in [-0.39, 0.29) is 24.0 Å². The van der Waals surface area contributed by atoms with Crippen molar-refractivity contribution in [1.82, 2.24) is 4.98 Å². The van der Waals surface area contributed by atoms with E-state index in [4.69, 9.17) is 4.74 Å². The molecule has 1 aromatic heterocycles. The van der Waals surface area contributed by atoms with Crippen molar-refractivity contribution < 1.29 is 19.1 Å². The van der Waals surface area contributed by atoms with E-state index in [9.17, 15) is 14.4 Å². The number of para-hydroxylation sites is 1. The number of nitrogens with zero attached hydrogens (tertiary/aromatic N) is 2. The summed E-state index contributed by atoms with van der Waals surface area (Å²) in [5, 5.41) is 0. The molecule has 0 radical (unpaired) electrons. The van der Waals surface area contributed by atoms with Crippen molar-refractivity contribution in [3.63, 3.8) is 0 Å². The molecule has 32 heavy (non-hydrogen) atoms. The van der Waals surface area contributed by atoms with E-state index < -0.39 is 23.0 Å². The second kappa shape index (κ2) is 6.43. The summed E-state index contributed by atoms with van der Waals surface area (Å²) in [5.41, 5.74) is 0.180. The Kier molecular flexibility index (Phi) is 3.84. The third-order valence-electron chi connectivity index (χ3n) is 6.93. The maximum atomic E-state index is 13.9. The van der Waals surface area contributed by atoms with Crippen LogP contribution in [0.4, 0.5) is 5.69 Å². The maximum Gasteiger partial charge on any atom is 0.241 e.